The molecule has 3 rings (SSSR count). The predicted molar refractivity (Wildman–Crippen MR) is 73.3 cm³/mol. The normalized spacial score (nSPS) is 11.0. The van der Waals surface area contributed by atoms with Crippen molar-refractivity contribution >= 4 is 10.9 Å². The van der Waals surface area contributed by atoms with Crippen LogP contribution in [0.4, 0.5) is 0 Å². The van der Waals surface area contributed by atoms with Crippen LogP contribution >= 0.6 is 0 Å². The number of fused-ring (bicyclic) bond motifs is 1. The third-order valence-corrected chi connectivity index (χ3v) is 3.15. The van der Waals surface area contributed by atoms with Crippen molar-refractivity contribution in [2.45, 2.75) is 13.1 Å². The van der Waals surface area contributed by atoms with E-state index in [1.165, 1.54) is 10.9 Å². The van der Waals surface area contributed by atoms with Crippen LogP contribution in [0.25, 0.3) is 10.9 Å². The van der Waals surface area contributed by atoms with E-state index in [2.05, 4.69) is 44.9 Å². The van der Waals surface area contributed by atoms with Gasteiger partial charge in [-0.2, -0.15) is 0 Å². The van der Waals surface area contributed by atoms with Crippen LogP contribution in [-0.4, -0.2) is 20.0 Å². The molecule has 0 fully saturated rings. The highest BCUT2D eigenvalue weighted by Gasteiger charge is 2.03. The molecule has 0 amide bonds. The van der Waals surface area contributed by atoms with Crippen LogP contribution in [0, 0.1) is 0 Å². The van der Waals surface area contributed by atoms with E-state index >= 15 is 0 Å². The second-order valence-electron chi connectivity index (χ2n) is 4.44. The predicted octanol–water partition coefficient (Wildman–Crippen LogP) is 1.65. The summed E-state index contributed by atoms with van der Waals surface area (Å²) < 4.78 is 1.77. The van der Waals surface area contributed by atoms with Crippen molar-refractivity contribution in [3.63, 3.8) is 0 Å². The lowest BCUT2D eigenvalue weighted by Gasteiger charge is -2.07. The Bertz CT molecular complexity index is 684. The molecule has 0 bridgehead atoms. The number of pyridine rings is 1. The largest absolute Gasteiger partial charge is 0.307 e. The molecule has 2 heterocycles. The second-order valence-corrected chi connectivity index (χ2v) is 4.44. The smallest absolute Gasteiger partial charge is 0.0746 e. The lowest BCUT2D eigenvalue weighted by Crippen LogP contribution is -2.15. The average molecular weight is 253 g/mol. The van der Waals surface area contributed by atoms with E-state index in [-0.39, 0.29) is 0 Å². The quantitative estimate of drug-likeness (QED) is 0.768. The van der Waals surface area contributed by atoms with Crippen molar-refractivity contribution < 1.29 is 0 Å². The summed E-state index contributed by atoms with van der Waals surface area (Å²) in [6.07, 6.45) is 3.60. The third kappa shape index (κ3) is 2.46. The molecular formula is C14H15N5. The number of hydrogen-bond acceptors (Lipinski definition) is 4. The van der Waals surface area contributed by atoms with Crippen LogP contribution < -0.4 is 5.32 Å². The topological polar surface area (TPSA) is 55.6 Å². The monoisotopic (exact) mass is 253 g/mol. The Morgan fingerprint density at radius 3 is 2.89 bits per heavy atom. The van der Waals surface area contributed by atoms with Gasteiger partial charge in [0.25, 0.3) is 0 Å². The molecule has 0 atom stereocenters. The molecule has 0 radical (unpaired) electrons. The number of rotatable bonds is 4. The number of hydrogen-bond donors (Lipinski definition) is 1. The third-order valence-electron chi connectivity index (χ3n) is 3.15. The molecule has 19 heavy (non-hydrogen) atoms. The van der Waals surface area contributed by atoms with Gasteiger partial charge in [0.1, 0.15) is 0 Å². The van der Waals surface area contributed by atoms with Crippen molar-refractivity contribution in [3.05, 3.63) is 54.0 Å². The molecule has 0 saturated carbocycles. The van der Waals surface area contributed by atoms with Crippen LogP contribution in [0.3, 0.4) is 0 Å². The van der Waals surface area contributed by atoms with Crippen molar-refractivity contribution in [2.24, 2.45) is 7.05 Å². The van der Waals surface area contributed by atoms with Gasteiger partial charge in [-0.1, -0.05) is 29.5 Å². The van der Waals surface area contributed by atoms with Gasteiger partial charge >= 0.3 is 0 Å². The molecular weight excluding hydrogens is 238 g/mol. The molecule has 2 aromatic heterocycles. The minimum absolute atomic E-state index is 0.743. The number of nitrogens with one attached hydrogen (secondary N) is 1. The van der Waals surface area contributed by atoms with Crippen LogP contribution in [0.2, 0.25) is 0 Å². The first-order valence-electron chi connectivity index (χ1n) is 6.21. The van der Waals surface area contributed by atoms with Crippen molar-refractivity contribution in [1.82, 2.24) is 25.3 Å². The van der Waals surface area contributed by atoms with E-state index in [4.69, 9.17) is 0 Å². The van der Waals surface area contributed by atoms with Gasteiger partial charge in [0.05, 0.1) is 17.4 Å². The molecule has 0 saturated heterocycles. The van der Waals surface area contributed by atoms with Crippen LogP contribution in [0.15, 0.2) is 42.7 Å². The minimum Gasteiger partial charge on any atom is -0.307 e. The van der Waals surface area contributed by atoms with Gasteiger partial charge in [-0.3, -0.25) is 9.67 Å². The number of para-hydroxylation sites is 1. The highest BCUT2D eigenvalue weighted by atomic mass is 15.4. The van der Waals surface area contributed by atoms with Crippen molar-refractivity contribution in [3.8, 4) is 0 Å². The van der Waals surface area contributed by atoms with E-state index in [0.717, 1.165) is 24.3 Å². The zero-order valence-corrected chi connectivity index (χ0v) is 10.7. The van der Waals surface area contributed by atoms with Crippen molar-refractivity contribution in [2.75, 3.05) is 0 Å². The summed E-state index contributed by atoms with van der Waals surface area (Å²) in [6.45, 7) is 1.52. The van der Waals surface area contributed by atoms with Gasteiger partial charge in [-0.15, -0.1) is 5.10 Å². The second kappa shape index (κ2) is 5.16. The maximum Gasteiger partial charge on any atom is 0.0746 e. The molecule has 1 aromatic carbocycles. The number of nitrogens with zero attached hydrogens (tertiary/aromatic N) is 4. The lowest BCUT2D eigenvalue weighted by atomic mass is 10.1. The zero-order valence-electron chi connectivity index (χ0n) is 10.7. The van der Waals surface area contributed by atoms with E-state index in [1.807, 2.05) is 19.3 Å². The lowest BCUT2D eigenvalue weighted by molar-refractivity contribution is 0.618. The van der Waals surface area contributed by atoms with Gasteiger partial charge in [-0.25, -0.2) is 0 Å². The van der Waals surface area contributed by atoms with E-state index in [9.17, 15) is 0 Å². The standard InChI is InChI=1S/C14H15N5/c1-19-13(10-17-18-19)9-15-8-12-5-2-4-11-6-3-7-16-14(11)12/h2-7,10,15H,8-9H2,1H3. The fourth-order valence-electron chi connectivity index (χ4n) is 2.11. The van der Waals surface area contributed by atoms with Gasteiger partial charge in [-0.05, 0) is 11.6 Å². The summed E-state index contributed by atoms with van der Waals surface area (Å²) in [6, 6.07) is 10.3. The summed E-state index contributed by atoms with van der Waals surface area (Å²) in [7, 11) is 1.89. The van der Waals surface area contributed by atoms with E-state index in [1.54, 1.807) is 10.9 Å². The molecule has 5 heteroatoms. The maximum absolute atomic E-state index is 4.44. The summed E-state index contributed by atoms with van der Waals surface area (Å²) in [5, 5.41) is 12.3. The summed E-state index contributed by atoms with van der Waals surface area (Å²) >= 11 is 0. The Kier molecular flexibility index (Phi) is 3.20. The number of aromatic nitrogens is 4. The molecule has 3 aromatic rings. The Hall–Kier alpha value is -2.27. The Balaban J connectivity index is 1.74. The van der Waals surface area contributed by atoms with Crippen molar-refractivity contribution in [1.29, 1.82) is 0 Å². The summed E-state index contributed by atoms with van der Waals surface area (Å²) in [5.41, 5.74) is 3.32. The first-order valence-corrected chi connectivity index (χ1v) is 6.21. The Labute approximate surface area is 111 Å². The molecule has 0 spiro atoms. The van der Waals surface area contributed by atoms with Crippen LogP contribution in [0.1, 0.15) is 11.3 Å². The number of aryl methyl sites for hydroxylation is 1. The zero-order chi connectivity index (χ0) is 13.1. The number of benzene rings is 1. The highest BCUT2D eigenvalue weighted by Crippen LogP contribution is 2.15. The fourth-order valence-corrected chi connectivity index (χ4v) is 2.11. The van der Waals surface area contributed by atoms with E-state index in [0.29, 0.717) is 0 Å². The summed E-state index contributed by atoms with van der Waals surface area (Å²) in [4.78, 5) is 4.44. The van der Waals surface area contributed by atoms with Gasteiger partial charge in [0, 0.05) is 31.7 Å². The van der Waals surface area contributed by atoms with Crippen LogP contribution in [-0.2, 0) is 20.1 Å². The summed E-state index contributed by atoms with van der Waals surface area (Å²) in [5.74, 6) is 0. The van der Waals surface area contributed by atoms with Gasteiger partial charge in [0.15, 0.2) is 0 Å². The minimum atomic E-state index is 0.743. The van der Waals surface area contributed by atoms with Gasteiger partial charge in [0.2, 0.25) is 0 Å². The van der Waals surface area contributed by atoms with Gasteiger partial charge < -0.3 is 5.32 Å². The SMILES string of the molecule is Cn1nncc1CNCc1cccc2cccnc12. The molecule has 5 nitrogen and oxygen atoms in total. The molecule has 0 unspecified atom stereocenters. The molecule has 0 aliphatic carbocycles. The van der Waals surface area contributed by atoms with E-state index < -0.39 is 0 Å². The molecule has 0 aliphatic rings. The Morgan fingerprint density at radius 2 is 2.05 bits per heavy atom. The molecule has 1 N–H and O–H groups in total. The Morgan fingerprint density at radius 1 is 1.16 bits per heavy atom. The molecule has 0 aliphatic heterocycles. The first kappa shape index (κ1) is 11.8. The van der Waals surface area contributed by atoms with Crippen LogP contribution in [0.5, 0.6) is 0 Å². The fraction of sp³-hybridized carbons (Fsp3) is 0.214. The first-order chi connectivity index (χ1) is 9.34. The highest BCUT2D eigenvalue weighted by molar-refractivity contribution is 5.81. The molecule has 96 valence electrons. The maximum atomic E-state index is 4.44. The average Bonchev–Trinajstić information content (AvgIpc) is 2.85.